The maximum atomic E-state index is 11.7. The maximum Gasteiger partial charge on any atom is 0.226 e. The number of hydrogen-bond acceptors (Lipinski definition) is 4. The molecule has 1 saturated heterocycles. The molecule has 20 heavy (non-hydrogen) atoms. The summed E-state index contributed by atoms with van der Waals surface area (Å²) in [5.74, 6) is 0.713. The molecule has 1 aromatic carbocycles. The highest BCUT2D eigenvalue weighted by Crippen LogP contribution is 2.15. The summed E-state index contributed by atoms with van der Waals surface area (Å²) >= 11 is 0. The number of hydrogen-bond donors (Lipinski definition) is 1. The summed E-state index contributed by atoms with van der Waals surface area (Å²) in [5, 5.41) is 2.82. The summed E-state index contributed by atoms with van der Waals surface area (Å²) in [4.78, 5) is 11.7. The number of anilines is 1. The van der Waals surface area contributed by atoms with E-state index < -0.39 is 0 Å². The maximum absolute atomic E-state index is 11.7. The topological polar surface area (TPSA) is 56.8 Å². The molecular weight excluding hydrogens is 258 g/mol. The fourth-order valence-corrected chi connectivity index (χ4v) is 2.05. The van der Waals surface area contributed by atoms with Crippen LogP contribution in [-0.2, 0) is 14.3 Å². The predicted octanol–water partition coefficient (Wildman–Crippen LogP) is 2.22. The molecular formula is C15H21NO4. The second-order valence-electron chi connectivity index (χ2n) is 4.74. The minimum Gasteiger partial charge on any atom is -0.497 e. The second-order valence-corrected chi connectivity index (χ2v) is 4.74. The molecule has 1 amide bonds. The van der Waals surface area contributed by atoms with Crippen LogP contribution in [0.25, 0.3) is 0 Å². The number of carbonyl (C=O) groups excluding carboxylic acids is 1. The van der Waals surface area contributed by atoms with Crippen LogP contribution in [-0.4, -0.2) is 38.9 Å². The van der Waals surface area contributed by atoms with Gasteiger partial charge in [-0.3, -0.25) is 4.79 Å². The molecule has 0 bridgehead atoms. The normalized spacial score (nSPS) is 17.9. The quantitative estimate of drug-likeness (QED) is 0.778. The van der Waals surface area contributed by atoms with Crippen LogP contribution in [0.5, 0.6) is 5.75 Å². The summed E-state index contributed by atoms with van der Waals surface area (Å²) in [7, 11) is 1.61. The molecule has 0 saturated carbocycles. The van der Waals surface area contributed by atoms with E-state index in [4.69, 9.17) is 14.2 Å². The lowest BCUT2D eigenvalue weighted by atomic mass is 10.2. The predicted molar refractivity (Wildman–Crippen MR) is 76.0 cm³/mol. The van der Waals surface area contributed by atoms with E-state index >= 15 is 0 Å². The van der Waals surface area contributed by atoms with E-state index in [1.165, 1.54) is 0 Å². The van der Waals surface area contributed by atoms with Gasteiger partial charge in [-0.25, -0.2) is 0 Å². The smallest absolute Gasteiger partial charge is 0.226 e. The van der Waals surface area contributed by atoms with Gasteiger partial charge in [-0.15, -0.1) is 0 Å². The van der Waals surface area contributed by atoms with Crippen LogP contribution < -0.4 is 10.1 Å². The summed E-state index contributed by atoms with van der Waals surface area (Å²) < 4.78 is 16.0. The van der Waals surface area contributed by atoms with Crippen molar-refractivity contribution in [1.29, 1.82) is 0 Å². The molecule has 110 valence electrons. The molecule has 0 radical (unpaired) electrons. The first kappa shape index (κ1) is 14.8. The molecule has 1 heterocycles. The highest BCUT2D eigenvalue weighted by atomic mass is 16.5. The molecule has 1 aliphatic rings. The van der Waals surface area contributed by atoms with Gasteiger partial charge in [0.1, 0.15) is 5.75 Å². The molecule has 0 aromatic heterocycles. The van der Waals surface area contributed by atoms with Gasteiger partial charge in [-0.05, 0) is 37.1 Å². The Balaban J connectivity index is 1.61. The number of benzene rings is 1. The van der Waals surface area contributed by atoms with Gasteiger partial charge in [0.25, 0.3) is 0 Å². The molecule has 1 aliphatic heterocycles. The summed E-state index contributed by atoms with van der Waals surface area (Å²) in [6, 6.07) is 7.24. The first-order valence-electron chi connectivity index (χ1n) is 6.91. The molecule has 2 rings (SSSR count). The van der Waals surface area contributed by atoms with E-state index in [1.807, 2.05) is 24.3 Å². The van der Waals surface area contributed by atoms with E-state index in [2.05, 4.69) is 5.32 Å². The van der Waals surface area contributed by atoms with Crippen molar-refractivity contribution in [3.8, 4) is 5.75 Å². The fourth-order valence-electron chi connectivity index (χ4n) is 2.05. The number of carbonyl (C=O) groups is 1. The van der Waals surface area contributed by atoms with Crippen LogP contribution in [0, 0.1) is 0 Å². The SMILES string of the molecule is COc1ccc(NC(=O)CCOC[C@@H]2CCCO2)cc1. The first-order chi connectivity index (χ1) is 9.78. The molecule has 0 aliphatic carbocycles. The number of amides is 1. The Morgan fingerprint density at radius 2 is 2.20 bits per heavy atom. The van der Waals surface area contributed by atoms with E-state index in [0.717, 1.165) is 30.9 Å². The molecule has 1 atom stereocenters. The fraction of sp³-hybridized carbons (Fsp3) is 0.533. The van der Waals surface area contributed by atoms with Crippen LogP contribution in [0.1, 0.15) is 19.3 Å². The van der Waals surface area contributed by atoms with Crippen molar-refractivity contribution in [3.63, 3.8) is 0 Å². The van der Waals surface area contributed by atoms with Crippen molar-refractivity contribution in [2.24, 2.45) is 0 Å². The van der Waals surface area contributed by atoms with E-state index in [0.29, 0.717) is 19.6 Å². The summed E-state index contributed by atoms with van der Waals surface area (Å²) in [5.41, 5.74) is 0.759. The molecule has 1 N–H and O–H groups in total. The largest absolute Gasteiger partial charge is 0.497 e. The van der Waals surface area contributed by atoms with Crippen molar-refractivity contribution in [1.82, 2.24) is 0 Å². The molecule has 5 nitrogen and oxygen atoms in total. The van der Waals surface area contributed by atoms with Crippen LogP contribution in [0.15, 0.2) is 24.3 Å². The number of methoxy groups -OCH3 is 1. The van der Waals surface area contributed by atoms with E-state index in [9.17, 15) is 4.79 Å². The third kappa shape index (κ3) is 4.83. The Kier molecular flexibility index (Phi) is 5.83. The minimum absolute atomic E-state index is 0.0532. The van der Waals surface area contributed by atoms with E-state index in [1.54, 1.807) is 7.11 Å². The Bertz CT molecular complexity index is 412. The van der Waals surface area contributed by atoms with Crippen LogP contribution in [0.2, 0.25) is 0 Å². The molecule has 0 unspecified atom stereocenters. The third-order valence-corrected chi connectivity index (χ3v) is 3.17. The highest BCUT2D eigenvalue weighted by Gasteiger charge is 2.15. The van der Waals surface area contributed by atoms with Crippen molar-refractivity contribution < 1.29 is 19.0 Å². The van der Waals surface area contributed by atoms with Crippen molar-refractivity contribution in [3.05, 3.63) is 24.3 Å². The average Bonchev–Trinajstić information content (AvgIpc) is 2.98. The lowest BCUT2D eigenvalue weighted by Crippen LogP contribution is -2.18. The molecule has 5 heteroatoms. The van der Waals surface area contributed by atoms with Gasteiger partial charge in [0.15, 0.2) is 0 Å². The first-order valence-corrected chi connectivity index (χ1v) is 6.91. The zero-order valence-corrected chi connectivity index (χ0v) is 11.8. The second kappa shape index (κ2) is 7.87. The van der Waals surface area contributed by atoms with Gasteiger partial charge in [-0.1, -0.05) is 0 Å². The lowest BCUT2D eigenvalue weighted by Gasteiger charge is -2.10. The Morgan fingerprint density at radius 1 is 1.40 bits per heavy atom. The molecule has 1 aromatic rings. The number of ether oxygens (including phenoxy) is 3. The van der Waals surface area contributed by atoms with Crippen molar-refractivity contribution in [2.75, 3.05) is 32.2 Å². The standard InChI is InChI=1S/C15H21NO4/c1-18-13-6-4-12(5-7-13)16-15(17)8-10-19-11-14-3-2-9-20-14/h4-7,14H,2-3,8-11H2,1H3,(H,16,17)/t14-/m0/s1. The Morgan fingerprint density at radius 3 is 2.85 bits per heavy atom. The highest BCUT2D eigenvalue weighted by molar-refractivity contribution is 5.90. The summed E-state index contributed by atoms with van der Waals surface area (Å²) in [6.45, 7) is 1.82. The van der Waals surface area contributed by atoms with Gasteiger partial charge in [0.2, 0.25) is 5.91 Å². The van der Waals surface area contributed by atoms with Crippen molar-refractivity contribution >= 4 is 11.6 Å². The van der Waals surface area contributed by atoms with Crippen LogP contribution in [0.3, 0.4) is 0 Å². The summed E-state index contributed by atoms with van der Waals surface area (Å²) in [6.07, 6.45) is 2.71. The van der Waals surface area contributed by atoms with Gasteiger partial charge in [-0.2, -0.15) is 0 Å². The average molecular weight is 279 g/mol. The Hall–Kier alpha value is -1.59. The van der Waals surface area contributed by atoms with Gasteiger partial charge < -0.3 is 19.5 Å². The zero-order valence-electron chi connectivity index (χ0n) is 11.8. The third-order valence-electron chi connectivity index (χ3n) is 3.17. The number of nitrogens with one attached hydrogen (secondary N) is 1. The van der Waals surface area contributed by atoms with Crippen LogP contribution in [0.4, 0.5) is 5.69 Å². The monoisotopic (exact) mass is 279 g/mol. The van der Waals surface area contributed by atoms with E-state index in [-0.39, 0.29) is 12.0 Å². The number of rotatable bonds is 7. The zero-order chi connectivity index (χ0) is 14.2. The molecule has 1 fully saturated rings. The van der Waals surface area contributed by atoms with Crippen LogP contribution >= 0.6 is 0 Å². The molecule has 0 spiro atoms. The van der Waals surface area contributed by atoms with Gasteiger partial charge in [0.05, 0.1) is 32.8 Å². The lowest BCUT2D eigenvalue weighted by molar-refractivity contribution is -0.117. The minimum atomic E-state index is -0.0532. The Labute approximate surface area is 119 Å². The van der Waals surface area contributed by atoms with Gasteiger partial charge >= 0.3 is 0 Å². The van der Waals surface area contributed by atoms with Gasteiger partial charge in [0, 0.05) is 12.3 Å². The van der Waals surface area contributed by atoms with Crippen molar-refractivity contribution in [2.45, 2.75) is 25.4 Å².